The third-order valence-corrected chi connectivity index (χ3v) is 4.62. The standard InChI is InChI=1S/C18H28FNO/c1-3-20-17(13-14-9-11-16(19)12-10-14)18(21-2)15-7-5-4-6-8-15/h9-12,15,17-18,20H,3-8,13H2,1-2H3. The van der Waals surface area contributed by atoms with Crippen LogP contribution in [0.1, 0.15) is 44.6 Å². The van der Waals surface area contributed by atoms with E-state index in [0.29, 0.717) is 12.0 Å². The number of hydrogen-bond acceptors (Lipinski definition) is 2. The highest BCUT2D eigenvalue weighted by molar-refractivity contribution is 5.17. The van der Waals surface area contributed by atoms with E-state index in [9.17, 15) is 4.39 Å². The summed E-state index contributed by atoms with van der Waals surface area (Å²) in [6.07, 6.45) is 7.67. The van der Waals surface area contributed by atoms with Gasteiger partial charge in [0.2, 0.25) is 0 Å². The van der Waals surface area contributed by atoms with E-state index in [4.69, 9.17) is 4.74 Å². The molecule has 0 aliphatic heterocycles. The maximum absolute atomic E-state index is 13.0. The van der Waals surface area contributed by atoms with Gasteiger partial charge in [-0.3, -0.25) is 0 Å². The SMILES string of the molecule is CCNC(Cc1ccc(F)cc1)C(OC)C1CCCCC1. The monoisotopic (exact) mass is 293 g/mol. The smallest absolute Gasteiger partial charge is 0.123 e. The Morgan fingerprint density at radius 2 is 1.86 bits per heavy atom. The molecule has 118 valence electrons. The van der Waals surface area contributed by atoms with E-state index in [-0.39, 0.29) is 11.9 Å². The second-order valence-electron chi connectivity index (χ2n) is 6.09. The lowest BCUT2D eigenvalue weighted by atomic mass is 9.81. The molecular weight excluding hydrogens is 265 g/mol. The van der Waals surface area contributed by atoms with Crippen LogP contribution in [0.3, 0.4) is 0 Å². The number of halogens is 1. The Morgan fingerprint density at radius 3 is 2.43 bits per heavy atom. The summed E-state index contributed by atoms with van der Waals surface area (Å²) in [6.45, 7) is 3.06. The molecule has 1 aromatic rings. The van der Waals surface area contributed by atoms with Crippen LogP contribution in [0.25, 0.3) is 0 Å². The van der Waals surface area contributed by atoms with Gasteiger partial charge in [0.05, 0.1) is 6.10 Å². The van der Waals surface area contributed by atoms with Crippen LogP contribution in [-0.4, -0.2) is 25.8 Å². The molecule has 0 aromatic heterocycles. The summed E-state index contributed by atoms with van der Waals surface area (Å²) in [6, 6.07) is 7.15. The van der Waals surface area contributed by atoms with Crippen LogP contribution in [0.2, 0.25) is 0 Å². The minimum atomic E-state index is -0.172. The molecule has 0 bridgehead atoms. The van der Waals surface area contributed by atoms with Crippen molar-refractivity contribution in [3.05, 3.63) is 35.6 Å². The van der Waals surface area contributed by atoms with E-state index in [0.717, 1.165) is 13.0 Å². The lowest BCUT2D eigenvalue weighted by Gasteiger charge is -2.35. The van der Waals surface area contributed by atoms with Gasteiger partial charge in [0.25, 0.3) is 0 Å². The van der Waals surface area contributed by atoms with E-state index in [2.05, 4.69) is 12.2 Å². The van der Waals surface area contributed by atoms with Gasteiger partial charge in [0.15, 0.2) is 0 Å². The van der Waals surface area contributed by atoms with Crippen LogP contribution in [-0.2, 0) is 11.2 Å². The summed E-state index contributed by atoms with van der Waals surface area (Å²) in [7, 11) is 1.83. The molecule has 0 spiro atoms. The Kier molecular flexibility index (Phi) is 6.65. The minimum Gasteiger partial charge on any atom is -0.380 e. The van der Waals surface area contributed by atoms with Crippen molar-refractivity contribution in [2.45, 2.75) is 57.6 Å². The number of rotatable bonds is 7. The molecule has 1 N–H and O–H groups in total. The highest BCUT2D eigenvalue weighted by atomic mass is 19.1. The zero-order valence-electron chi connectivity index (χ0n) is 13.3. The average molecular weight is 293 g/mol. The van der Waals surface area contributed by atoms with Crippen molar-refractivity contribution in [2.24, 2.45) is 5.92 Å². The molecular formula is C18H28FNO. The highest BCUT2D eigenvalue weighted by Gasteiger charge is 2.30. The fraction of sp³-hybridized carbons (Fsp3) is 0.667. The van der Waals surface area contributed by atoms with Crippen LogP contribution in [0, 0.1) is 11.7 Å². The summed E-state index contributed by atoms with van der Waals surface area (Å²) in [5.41, 5.74) is 1.17. The van der Waals surface area contributed by atoms with Gasteiger partial charge in [0, 0.05) is 13.2 Å². The summed E-state index contributed by atoms with van der Waals surface area (Å²) in [5, 5.41) is 3.58. The van der Waals surface area contributed by atoms with Gasteiger partial charge in [-0.25, -0.2) is 4.39 Å². The number of likely N-dealkylation sites (N-methyl/N-ethyl adjacent to an activating group) is 1. The van der Waals surface area contributed by atoms with Gasteiger partial charge < -0.3 is 10.1 Å². The van der Waals surface area contributed by atoms with E-state index in [1.54, 1.807) is 12.1 Å². The summed E-state index contributed by atoms with van der Waals surface area (Å²) in [5.74, 6) is 0.475. The van der Waals surface area contributed by atoms with E-state index >= 15 is 0 Å². The number of benzene rings is 1. The Balaban J connectivity index is 2.05. The first kappa shape index (κ1) is 16.4. The third kappa shape index (κ3) is 4.79. The van der Waals surface area contributed by atoms with Crippen LogP contribution < -0.4 is 5.32 Å². The largest absolute Gasteiger partial charge is 0.380 e. The number of ether oxygens (including phenoxy) is 1. The molecule has 0 saturated heterocycles. The third-order valence-electron chi connectivity index (χ3n) is 4.62. The van der Waals surface area contributed by atoms with E-state index < -0.39 is 0 Å². The maximum atomic E-state index is 13.0. The van der Waals surface area contributed by atoms with Crippen molar-refractivity contribution in [1.29, 1.82) is 0 Å². The second kappa shape index (κ2) is 8.50. The quantitative estimate of drug-likeness (QED) is 0.822. The van der Waals surface area contributed by atoms with Crippen molar-refractivity contribution < 1.29 is 9.13 Å². The van der Waals surface area contributed by atoms with Crippen LogP contribution >= 0.6 is 0 Å². The summed E-state index contributed by atoms with van der Waals surface area (Å²) >= 11 is 0. The molecule has 3 heteroatoms. The Morgan fingerprint density at radius 1 is 1.19 bits per heavy atom. The van der Waals surface area contributed by atoms with Crippen LogP contribution in [0.5, 0.6) is 0 Å². The highest BCUT2D eigenvalue weighted by Crippen LogP contribution is 2.30. The first-order valence-electron chi connectivity index (χ1n) is 8.25. The Hall–Kier alpha value is -0.930. The normalized spacial score (nSPS) is 19.4. The topological polar surface area (TPSA) is 21.3 Å². The molecule has 21 heavy (non-hydrogen) atoms. The van der Waals surface area contributed by atoms with Crippen molar-refractivity contribution >= 4 is 0 Å². The van der Waals surface area contributed by atoms with Crippen molar-refractivity contribution in [3.63, 3.8) is 0 Å². The molecule has 1 saturated carbocycles. The van der Waals surface area contributed by atoms with Crippen molar-refractivity contribution in [2.75, 3.05) is 13.7 Å². The van der Waals surface area contributed by atoms with E-state index in [1.165, 1.54) is 37.7 Å². The van der Waals surface area contributed by atoms with Gasteiger partial charge in [-0.05, 0) is 49.4 Å². The first-order chi connectivity index (χ1) is 10.2. The molecule has 1 aromatic carbocycles. The molecule has 0 heterocycles. The minimum absolute atomic E-state index is 0.172. The molecule has 2 atom stereocenters. The maximum Gasteiger partial charge on any atom is 0.123 e. The van der Waals surface area contributed by atoms with E-state index in [1.807, 2.05) is 19.2 Å². The molecule has 1 aliphatic rings. The summed E-state index contributed by atoms with van der Waals surface area (Å²) in [4.78, 5) is 0. The first-order valence-corrected chi connectivity index (χ1v) is 8.25. The predicted molar refractivity (Wildman–Crippen MR) is 84.9 cm³/mol. The molecule has 1 fully saturated rings. The number of nitrogens with one attached hydrogen (secondary N) is 1. The summed E-state index contributed by atoms with van der Waals surface area (Å²) < 4.78 is 18.9. The van der Waals surface area contributed by atoms with Crippen LogP contribution in [0.4, 0.5) is 4.39 Å². The van der Waals surface area contributed by atoms with Gasteiger partial charge in [-0.15, -0.1) is 0 Å². The zero-order chi connectivity index (χ0) is 15.1. The van der Waals surface area contributed by atoms with Gasteiger partial charge in [-0.1, -0.05) is 38.3 Å². The second-order valence-corrected chi connectivity index (χ2v) is 6.09. The molecule has 2 rings (SSSR count). The molecule has 1 aliphatic carbocycles. The van der Waals surface area contributed by atoms with Gasteiger partial charge >= 0.3 is 0 Å². The van der Waals surface area contributed by atoms with Crippen LogP contribution in [0.15, 0.2) is 24.3 Å². The van der Waals surface area contributed by atoms with Gasteiger partial charge in [-0.2, -0.15) is 0 Å². The van der Waals surface area contributed by atoms with Crippen molar-refractivity contribution in [1.82, 2.24) is 5.32 Å². The fourth-order valence-electron chi connectivity index (χ4n) is 3.59. The Bertz CT molecular complexity index is 400. The average Bonchev–Trinajstić information content (AvgIpc) is 2.51. The lowest BCUT2D eigenvalue weighted by Crippen LogP contribution is -2.46. The fourth-order valence-corrected chi connectivity index (χ4v) is 3.59. The molecule has 2 unspecified atom stereocenters. The predicted octanol–water partition coefficient (Wildman–Crippen LogP) is 3.94. The molecule has 2 nitrogen and oxygen atoms in total. The number of methoxy groups -OCH3 is 1. The molecule has 0 radical (unpaired) electrons. The lowest BCUT2D eigenvalue weighted by molar-refractivity contribution is 0.00869. The van der Waals surface area contributed by atoms with Crippen molar-refractivity contribution in [3.8, 4) is 0 Å². The van der Waals surface area contributed by atoms with Gasteiger partial charge in [0.1, 0.15) is 5.82 Å². The zero-order valence-corrected chi connectivity index (χ0v) is 13.3. The number of hydrogen-bond donors (Lipinski definition) is 1. The molecule has 0 amide bonds. The Labute approximate surface area is 128 Å².